The summed E-state index contributed by atoms with van der Waals surface area (Å²) in [5.74, 6) is 1.87. The molecular weight excluding hydrogens is 180 g/mol. The van der Waals surface area contributed by atoms with Crippen LogP contribution >= 0.6 is 12.6 Å². The second-order valence-electron chi connectivity index (χ2n) is 3.22. The monoisotopic (exact) mass is 196 g/mol. The number of hydrogen-bond donors (Lipinski definition) is 1. The molecule has 0 unspecified atom stereocenters. The summed E-state index contributed by atoms with van der Waals surface area (Å²) in [5, 5.41) is 0. The Bertz CT molecular complexity index is 294. The van der Waals surface area contributed by atoms with Gasteiger partial charge in [-0.1, -0.05) is 6.07 Å². The summed E-state index contributed by atoms with van der Waals surface area (Å²) < 4.78 is 5.24. The maximum absolute atomic E-state index is 5.24. The molecule has 1 rings (SSSR count). The molecule has 0 bridgehead atoms. The third-order valence-corrected chi connectivity index (χ3v) is 2.46. The Kier molecular flexibility index (Phi) is 3.67. The van der Waals surface area contributed by atoms with Crippen molar-refractivity contribution in [1.29, 1.82) is 0 Å². The third kappa shape index (κ3) is 2.41. The van der Waals surface area contributed by atoms with Crippen LogP contribution in [0.25, 0.3) is 0 Å². The number of hydrogen-bond acceptors (Lipinski definition) is 2. The molecule has 0 heterocycles. The van der Waals surface area contributed by atoms with Crippen molar-refractivity contribution in [2.75, 3.05) is 12.9 Å². The SMILES string of the molecule is COc1cc(C)c(CCS)cc1C. The average Bonchev–Trinajstić information content (AvgIpc) is 2.11. The molecule has 1 aromatic carbocycles. The molecule has 72 valence electrons. The summed E-state index contributed by atoms with van der Waals surface area (Å²) in [6.45, 7) is 4.18. The van der Waals surface area contributed by atoms with Crippen LogP contribution in [0.2, 0.25) is 0 Å². The normalized spacial score (nSPS) is 10.2. The van der Waals surface area contributed by atoms with Crippen LogP contribution in [0.3, 0.4) is 0 Å². The summed E-state index contributed by atoms with van der Waals surface area (Å²) in [4.78, 5) is 0. The zero-order chi connectivity index (χ0) is 9.84. The zero-order valence-electron chi connectivity index (χ0n) is 8.42. The van der Waals surface area contributed by atoms with E-state index in [0.29, 0.717) is 0 Å². The molecule has 0 saturated heterocycles. The van der Waals surface area contributed by atoms with E-state index in [4.69, 9.17) is 4.74 Å². The summed E-state index contributed by atoms with van der Waals surface area (Å²) in [7, 11) is 1.71. The lowest BCUT2D eigenvalue weighted by molar-refractivity contribution is 0.411. The van der Waals surface area contributed by atoms with E-state index >= 15 is 0 Å². The predicted molar refractivity (Wildman–Crippen MR) is 60.0 cm³/mol. The van der Waals surface area contributed by atoms with Crippen molar-refractivity contribution in [2.45, 2.75) is 20.3 Å². The largest absolute Gasteiger partial charge is 0.496 e. The number of thiol groups is 1. The summed E-state index contributed by atoms with van der Waals surface area (Å²) >= 11 is 4.23. The second kappa shape index (κ2) is 4.56. The lowest BCUT2D eigenvalue weighted by Crippen LogP contribution is -1.95. The quantitative estimate of drug-likeness (QED) is 0.731. The Morgan fingerprint density at radius 2 is 1.92 bits per heavy atom. The first-order valence-corrected chi connectivity index (χ1v) is 5.07. The maximum Gasteiger partial charge on any atom is 0.122 e. The molecule has 13 heavy (non-hydrogen) atoms. The van der Waals surface area contributed by atoms with E-state index in [0.717, 1.165) is 17.9 Å². The zero-order valence-corrected chi connectivity index (χ0v) is 9.32. The van der Waals surface area contributed by atoms with Gasteiger partial charge >= 0.3 is 0 Å². The molecule has 0 aliphatic carbocycles. The van der Waals surface area contributed by atoms with E-state index < -0.39 is 0 Å². The average molecular weight is 196 g/mol. The minimum absolute atomic E-state index is 0.895. The van der Waals surface area contributed by atoms with Crippen LogP contribution in [0.1, 0.15) is 16.7 Å². The molecule has 0 fully saturated rings. The minimum Gasteiger partial charge on any atom is -0.496 e. The molecule has 0 amide bonds. The molecular formula is C11H16OS. The van der Waals surface area contributed by atoms with Gasteiger partial charge in [-0.3, -0.25) is 0 Å². The highest BCUT2D eigenvalue weighted by molar-refractivity contribution is 7.80. The highest BCUT2D eigenvalue weighted by Crippen LogP contribution is 2.22. The molecule has 0 saturated carbocycles. The van der Waals surface area contributed by atoms with Gasteiger partial charge in [-0.25, -0.2) is 0 Å². The van der Waals surface area contributed by atoms with Gasteiger partial charge in [0.2, 0.25) is 0 Å². The highest BCUT2D eigenvalue weighted by Gasteiger charge is 2.03. The molecule has 2 heteroatoms. The Labute approximate surface area is 85.5 Å². The van der Waals surface area contributed by atoms with Crippen molar-refractivity contribution in [3.63, 3.8) is 0 Å². The molecule has 0 aromatic heterocycles. The van der Waals surface area contributed by atoms with E-state index in [1.165, 1.54) is 16.7 Å². The van der Waals surface area contributed by atoms with Crippen molar-refractivity contribution in [1.82, 2.24) is 0 Å². The van der Waals surface area contributed by atoms with Gasteiger partial charge in [0.25, 0.3) is 0 Å². The van der Waals surface area contributed by atoms with Crippen LogP contribution in [0.15, 0.2) is 12.1 Å². The summed E-state index contributed by atoms with van der Waals surface area (Å²) in [6, 6.07) is 4.28. The van der Waals surface area contributed by atoms with Gasteiger partial charge < -0.3 is 4.74 Å². The van der Waals surface area contributed by atoms with E-state index in [1.54, 1.807) is 7.11 Å². The number of ether oxygens (including phenoxy) is 1. The third-order valence-electron chi connectivity index (χ3n) is 2.23. The molecule has 0 aliphatic heterocycles. The Morgan fingerprint density at radius 1 is 1.23 bits per heavy atom. The molecule has 0 N–H and O–H groups in total. The van der Waals surface area contributed by atoms with Gasteiger partial charge in [0.05, 0.1) is 7.11 Å². The fourth-order valence-electron chi connectivity index (χ4n) is 1.46. The Morgan fingerprint density at radius 3 is 2.46 bits per heavy atom. The van der Waals surface area contributed by atoms with Crippen LogP contribution in [0, 0.1) is 13.8 Å². The first-order valence-electron chi connectivity index (χ1n) is 4.44. The van der Waals surface area contributed by atoms with E-state index in [2.05, 4.69) is 38.6 Å². The lowest BCUT2D eigenvalue weighted by atomic mass is 10.0. The molecule has 0 spiro atoms. The Hall–Kier alpha value is -0.630. The number of methoxy groups -OCH3 is 1. The topological polar surface area (TPSA) is 9.23 Å². The Balaban J connectivity index is 3.05. The molecule has 1 nitrogen and oxygen atoms in total. The van der Waals surface area contributed by atoms with Gasteiger partial charge in [0.1, 0.15) is 5.75 Å². The first-order chi connectivity index (χ1) is 6.19. The number of rotatable bonds is 3. The van der Waals surface area contributed by atoms with Crippen molar-refractivity contribution >= 4 is 12.6 Å². The number of benzene rings is 1. The fourth-order valence-corrected chi connectivity index (χ4v) is 1.70. The van der Waals surface area contributed by atoms with Crippen LogP contribution in [0.5, 0.6) is 5.75 Å². The van der Waals surface area contributed by atoms with Crippen molar-refractivity contribution in [2.24, 2.45) is 0 Å². The van der Waals surface area contributed by atoms with E-state index in [9.17, 15) is 0 Å². The lowest BCUT2D eigenvalue weighted by Gasteiger charge is -2.10. The summed E-state index contributed by atoms with van der Waals surface area (Å²) in [6.07, 6.45) is 1.03. The van der Waals surface area contributed by atoms with Crippen molar-refractivity contribution in [3.8, 4) is 5.75 Å². The predicted octanol–water partition coefficient (Wildman–Crippen LogP) is 2.78. The molecule has 0 radical (unpaired) electrons. The summed E-state index contributed by atoms with van der Waals surface area (Å²) in [5.41, 5.74) is 3.86. The van der Waals surface area contributed by atoms with Gasteiger partial charge in [0, 0.05) is 0 Å². The smallest absolute Gasteiger partial charge is 0.122 e. The van der Waals surface area contributed by atoms with Gasteiger partial charge in [-0.2, -0.15) is 12.6 Å². The second-order valence-corrected chi connectivity index (χ2v) is 3.67. The van der Waals surface area contributed by atoms with Crippen LogP contribution < -0.4 is 4.74 Å². The standard InChI is InChI=1S/C11H16OS/c1-8-7-11(12-3)9(2)6-10(8)4-5-13/h6-7,13H,4-5H2,1-3H3. The van der Waals surface area contributed by atoms with Gasteiger partial charge in [-0.05, 0) is 48.8 Å². The van der Waals surface area contributed by atoms with Crippen molar-refractivity contribution < 1.29 is 4.74 Å². The molecule has 0 aliphatic rings. The van der Waals surface area contributed by atoms with Crippen LogP contribution in [0.4, 0.5) is 0 Å². The molecule has 1 aromatic rings. The maximum atomic E-state index is 5.24. The van der Waals surface area contributed by atoms with E-state index in [-0.39, 0.29) is 0 Å². The van der Waals surface area contributed by atoms with Gasteiger partial charge in [0.15, 0.2) is 0 Å². The van der Waals surface area contributed by atoms with Crippen LogP contribution in [-0.2, 0) is 6.42 Å². The van der Waals surface area contributed by atoms with Gasteiger partial charge in [-0.15, -0.1) is 0 Å². The van der Waals surface area contributed by atoms with Crippen molar-refractivity contribution in [3.05, 3.63) is 28.8 Å². The van der Waals surface area contributed by atoms with E-state index in [1.807, 2.05) is 0 Å². The van der Waals surface area contributed by atoms with Crippen LogP contribution in [-0.4, -0.2) is 12.9 Å². The minimum atomic E-state index is 0.895. The number of aryl methyl sites for hydroxylation is 3. The highest BCUT2D eigenvalue weighted by atomic mass is 32.1. The fraction of sp³-hybridized carbons (Fsp3) is 0.455. The first kappa shape index (κ1) is 10.5. The molecule has 0 atom stereocenters.